The summed E-state index contributed by atoms with van der Waals surface area (Å²) in [5.41, 5.74) is 10.6. The van der Waals surface area contributed by atoms with Gasteiger partial charge in [-0.1, -0.05) is 31.5 Å². The Balaban J connectivity index is 2.09. The van der Waals surface area contributed by atoms with Crippen LogP contribution in [0.25, 0.3) is 0 Å². The van der Waals surface area contributed by atoms with Gasteiger partial charge in [0.15, 0.2) is 0 Å². The predicted octanol–water partition coefficient (Wildman–Crippen LogP) is 3.00. The zero-order chi connectivity index (χ0) is 17.4. The molecule has 1 aromatic rings. The first kappa shape index (κ1) is 18.0. The number of benzene rings is 1. The van der Waals surface area contributed by atoms with Crippen LogP contribution in [0.2, 0.25) is 0 Å². The molecule has 4 heteroatoms. The Morgan fingerprint density at radius 1 is 1.30 bits per heavy atom. The number of anilines is 1. The van der Waals surface area contributed by atoms with Crippen molar-refractivity contribution in [2.75, 3.05) is 18.4 Å². The first-order valence-electron chi connectivity index (χ1n) is 8.50. The smallest absolute Gasteiger partial charge is 0.241 e. The van der Waals surface area contributed by atoms with Crippen molar-refractivity contribution in [1.29, 1.82) is 0 Å². The average Bonchev–Trinajstić information content (AvgIpc) is 2.44. The van der Waals surface area contributed by atoms with Crippen LogP contribution in [0.4, 0.5) is 5.69 Å². The number of nitrogens with two attached hydrogens (primary N) is 1. The molecule has 2 unspecified atom stereocenters. The van der Waals surface area contributed by atoms with Gasteiger partial charge in [0.1, 0.15) is 0 Å². The number of amides is 1. The van der Waals surface area contributed by atoms with Crippen molar-refractivity contribution in [3.05, 3.63) is 28.8 Å². The van der Waals surface area contributed by atoms with E-state index in [1.165, 1.54) is 5.56 Å². The number of piperidine rings is 1. The maximum Gasteiger partial charge on any atom is 0.241 e. The van der Waals surface area contributed by atoms with Gasteiger partial charge in [-0.05, 0) is 50.7 Å². The minimum absolute atomic E-state index is 0.0441. The van der Waals surface area contributed by atoms with Gasteiger partial charge in [-0.3, -0.25) is 9.69 Å². The number of rotatable bonds is 3. The fraction of sp³-hybridized carbons (Fsp3) is 0.632. The second-order valence-corrected chi connectivity index (χ2v) is 7.79. The molecule has 23 heavy (non-hydrogen) atoms. The number of likely N-dealkylation sites (tertiary alicyclic amines) is 1. The van der Waals surface area contributed by atoms with Crippen LogP contribution in [-0.2, 0) is 4.79 Å². The van der Waals surface area contributed by atoms with Gasteiger partial charge in [0.05, 0.1) is 6.04 Å². The van der Waals surface area contributed by atoms with Crippen molar-refractivity contribution in [2.45, 2.75) is 60.0 Å². The molecule has 1 heterocycles. The minimum atomic E-state index is -0.151. The van der Waals surface area contributed by atoms with Gasteiger partial charge >= 0.3 is 0 Å². The molecule has 0 aliphatic carbocycles. The van der Waals surface area contributed by atoms with Crippen molar-refractivity contribution in [1.82, 2.24) is 4.90 Å². The summed E-state index contributed by atoms with van der Waals surface area (Å²) in [7, 11) is 0. The van der Waals surface area contributed by atoms with Gasteiger partial charge in [0.2, 0.25) is 5.91 Å². The molecular weight excluding hydrogens is 286 g/mol. The second kappa shape index (κ2) is 6.62. The van der Waals surface area contributed by atoms with Gasteiger partial charge in [0, 0.05) is 24.8 Å². The summed E-state index contributed by atoms with van der Waals surface area (Å²) < 4.78 is 0. The standard InChI is InChI=1S/C19H31N3O/c1-12-9-13(2)17(14(3)10-12)21-18(23)15(4)22-8-7-16(20)19(5,6)11-22/h9-10,15-16H,7-8,11,20H2,1-6H3,(H,21,23). The van der Waals surface area contributed by atoms with E-state index in [2.05, 4.69) is 43.1 Å². The number of nitrogens with one attached hydrogen (secondary N) is 1. The third-order valence-corrected chi connectivity index (χ3v) is 5.19. The molecule has 0 radical (unpaired) electrons. The van der Waals surface area contributed by atoms with Crippen LogP contribution in [0.15, 0.2) is 12.1 Å². The maximum atomic E-state index is 12.7. The molecule has 1 fully saturated rings. The van der Waals surface area contributed by atoms with Crippen molar-refractivity contribution >= 4 is 11.6 Å². The van der Waals surface area contributed by atoms with E-state index in [0.717, 1.165) is 36.3 Å². The molecule has 3 N–H and O–H groups in total. The second-order valence-electron chi connectivity index (χ2n) is 7.79. The van der Waals surface area contributed by atoms with Crippen LogP contribution >= 0.6 is 0 Å². The molecule has 1 aliphatic rings. The quantitative estimate of drug-likeness (QED) is 0.901. The molecule has 1 amide bonds. The third-order valence-electron chi connectivity index (χ3n) is 5.19. The van der Waals surface area contributed by atoms with E-state index in [1.54, 1.807) is 0 Å². The van der Waals surface area contributed by atoms with E-state index in [-0.39, 0.29) is 23.4 Å². The highest BCUT2D eigenvalue weighted by Crippen LogP contribution is 2.29. The first-order valence-corrected chi connectivity index (χ1v) is 8.50. The van der Waals surface area contributed by atoms with E-state index >= 15 is 0 Å². The molecule has 1 aromatic carbocycles. The Labute approximate surface area is 140 Å². The largest absolute Gasteiger partial charge is 0.327 e. The van der Waals surface area contributed by atoms with Gasteiger partial charge < -0.3 is 11.1 Å². The molecule has 1 aliphatic heterocycles. The van der Waals surface area contributed by atoms with Crippen LogP contribution in [-0.4, -0.2) is 36.0 Å². The van der Waals surface area contributed by atoms with Crippen molar-refractivity contribution in [3.63, 3.8) is 0 Å². The van der Waals surface area contributed by atoms with Gasteiger partial charge in [-0.2, -0.15) is 0 Å². The van der Waals surface area contributed by atoms with Gasteiger partial charge in [0.25, 0.3) is 0 Å². The maximum absolute atomic E-state index is 12.7. The van der Waals surface area contributed by atoms with E-state index in [4.69, 9.17) is 5.73 Å². The lowest BCUT2D eigenvalue weighted by Crippen LogP contribution is -2.56. The zero-order valence-electron chi connectivity index (χ0n) is 15.4. The summed E-state index contributed by atoms with van der Waals surface area (Å²) >= 11 is 0. The van der Waals surface area contributed by atoms with E-state index < -0.39 is 0 Å². The topological polar surface area (TPSA) is 58.4 Å². The summed E-state index contributed by atoms with van der Waals surface area (Å²) in [4.78, 5) is 15.0. The molecular formula is C19H31N3O. The molecule has 0 bridgehead atoms. The molecule has 0 aromatic heterocycles. The zero-order valence-corrected chi connectivity index (χ0v) is 15.4. The summed E-state index contributed by atoms with van der Waals surface area (Å²) in [6.45, 7) is 14.3. The van der Waals surface area contributed by atoms with Crippen LogP contribution in [0.3, 0.4) is 0 Å². The molecule has 4 nitrogen and oxygen atoms in total. The molecule has 2 atom stereocenters. The number of carbonyl (C=O) groups excluding carboxylic acids is 1. The number of carbonyl (C=O) groups is 1. The van der Waals surface area contributed by atoms with Crippen LogP contribution < -0.4 is 11.1 Å². The van der Waals surface area contributed by atoms with Crippen molar-refractivity contribution < 1.29 is 4.79 Å². The predicted molar refractivity (Wildman–Crippen MR) is 96.7 cm³/mol. The summed E-state index contributed by atoms with van der Waals surface area (Å²) in [5, 5.41) is 3.13. The lowest BCUT2D eigenvalue weighted by Gasteiger charge is -2.44. The highest BCUT2D eigenvalue weighted by molar-refractivity contribution is 5.96. The molecule has 1 saturated heterocycles. The van der Waals surface area contributed by atoms with Gasteiger partial charge in [-0.25, -0.2) is 0 Å². The number of hydrogen-bond acceptors (Lipinski definition) is 3. The SMILES string of the molecule is Cc1cc(C)c(NC(=O)C(C)N2CCC(N)C(C)(C)C2)c(C)c1. The Hall–Kier alpha value is -1.39. The molecule has 128 valence electrons. The Bertz CT molecular complexity index is 571. The van der Waals surface area contributed by atoms with Crippen LogP contribution in [0, 0.1) is 26.2 Å². The van der Waals surface area contributed by atoms with Crippen LogP contribution in [0.5, 0.6) is 0 Å². The third kappa shape index (κ3) is 3.93. The lowest BCUT2D eigenvalue weighted by molar-refractivity contribution is -0.122. The lowest BCUT2D eigenvalue weighted by atomic mass is 9.79. The highest BCUT2D eigenvalue weighted by atomic mass is 16.2. The van der Waals surface area contributed by atoms with E-state index in [9.17, 15) is 4.79 Å². The summed E-state index contributed by atoms with van der Waals surface area (Å²) in [6, 6.07) is 4.27. The minimum Gasteiger partial charge on any atom is -0.327 e. The van der Waals surface area contributed by atoms with E-state index in [0.29, 0.717) is 0 Å². The summed E-state index contributed by atoms with van der Waals surface area (Å²) in [6.07, 6.45) is 0.938. The fourth-order valence-electron chi connectivity index (χ4n) is 3.52. The van der Waals surface area contributed by atoms with Gasteiger partial charge in [-0.15, -0.1) is 0 Å². The van der Waals surface area contributed by atoms with E-state index in [1.807, 2.05) is 20.8 Å². The molecule has 0 saturated carbocycles. The van der Waals surface area contributed by atoms with Crippen LogP contribution in [0.1, 0.15) is 43.9 Å². The average molecular weight is 317 g/mol. The van der Waals surface area contributed by atoms with Crippen molar-refractivity contribution in [3.8, 4) is 0 Å². The number of aryl methyl sites for hydroxylation is 3. The highest BCUT2D eigenvalue weighted by Gasteiger charge is 2.36. The Morgan fingerprint density at radius 3 is 2.39 bits per heavy atom. The Morgan fingerprint density at radius 2 is 1.87 bits per heavy atom. The Kier molecular flexibility index (Phi) is 5.17. The first-order chi connectivity index (χ1) is 10.6. The van der Waals surface area contributed by atoms with Crippen molar-refractivity contribution in [2.24, 2.45) is 11.1 Å². The normalized spacial score (nSPS) is 22.7. The number of hydrogen-bond donors (Lipinski definition) is 2. The molecule has 0 spiro atoms. The fourth-order valence-corrected chi connectivity index (χ4v) is 3.52. The number of nitrogens with zero attached hydrogens (tertiary/aromatic N) is 1. The molecule has 2 rings (SSSR count). The monoisotopic (exact) mass is 317 g/mol. The summed E-state index contributed by atoms with van der Waals surface area (Å²) in [5.74, 6) is 0.0614.